The minimum atomic E-state index is 0.203. The normalized spacial score (nSPS) is 10.6. The number of hydrogen-bond donors (Lipinski definition) is 1. The summed E-state index contributed by atoms with van der Waals surface area (Å²) in [6, 6.07) is 3.55. The number of aryl methyl sites for hydroxylation is 1. The van der Waals surface area contributed by atoms with Crippen LogP contribution in [0.25, 0.3) is 11.4 Å². The van der Waals surface area contributed by atoms with Gasteiger partial charge >= 0.3 is 0 Å². The molecule has 0 aliphatic heterocycles. The largest absolute Gasteiger partial charge is 0.496 e. The second kappa shape index (κ2) is 4.73. The second-order valence-corrected chi connectivity index (χ2v) is 3.96. The summed E-state index contributed by atoms with van der Waals surface area (Å²) in [4.78, 5) is 4.15. The molecular formula is C11H12ClN3O2. The van der Waals surface area contributed by atoms with Crippen LogP contribution < -0.4 is 10.5 Å². The average molecular weight is 254 g/mol. The molecule has 0 atom stereocenters. The molecule has 2 rings (SSSR count). The van der Waals surface area contributed by atoms with Crippen molar-refractivity contribution < 1.29 is 9.26 Å². The van der Waals surface area contributed by atoms with Gasteiger partial charge in [0.15, 0.2) is 0 Å². The van der Waals surface area contributed by atoms with E-state index < -0.39 is 0 Å². The van der Waals surface area contributed by atoms with E-state index in [9.17, 15) is 0 Å². The van der Waals surface area contributed by atoms with Gasteiger partial charge in [-0.25, -0.2) is 0 Å². The lowest BCUT2D eigenvalue weighted by atomic mass is 10.1. The minimum Gasteiger partial charge on any atom is -0.496 e. The van der Waals surface area contributed by atoms with Crippen LogP contribution in [0, 0.1) is 6.92 Å². The number of hydrogen-bond acceptors (Lipinski definition) is 5. The fourth-order valence-corrected chi connectivity index (χ4v) is 1.89. The number of aromatic nitrogens is 2. The molecule has 0 amide bonds. The molecule has 2 N–H and O–H groups in total. The molecule has 0 radical (unpaired) electrons. The summed E-state index contributed by atoms with van der Waals surface area (Å²) in [6.07, 6.45) is 0. The van der Waals surface area contributed by atoms with Crippen molar-refractivity contribution in [2.24, 2.45) is 5.73 Å². The van der Waals surface area contributed by atoms with Crippen molar-refractivity contribution >= 4 is 11.6 Å². The Morgan fingerprint density at radius 3 is 2.82 bits per heavy atom. The van der Waals surface area contributed by atoms with Crippen LogP contribution in [-0.4, -0.2) is 17.3 Å². The monoisotopic (exact) mass is 253 g/mol. The Balaban J connectivity index is 2.57. The molecule has 17 heavy (non-hydrogen) atoms. The van der Waals surface area contributed by atoms with E-state index in [0.29, 0.717) is 28.1 Å². The smallest absolute Gasteiger partial charge is 0.240 e. The third-order valence-electron chi connectivity index (χ3n) is 2.33. The molecular weight excluding hydrogens is 242 g/mol. The van der Waals surface area contributed by atoms with Crippen LogP contribution in [-0.2, 0) is 6.54 Å². The molecule has 0 fully saturated rings. The van der Waals surface area contributed by atoms with Gasteiger partial charge in [0, 0.05) is 5.02 Å². The van der Waals surface area contributed by atoms with E-state index >= 15 is 0 Å². The third kappa shape index (κ3) is 2.25. The van der Waals surface area contributed by atoms with Crippen molar-refractivity contribution in [2.45, 2.75) is 13.5 Å². The molecule has 0 aliphatic carbocycles. The first kappa shape index (κ1) is 11.9. The Morgan fingerprint density at radius 2 is 2.24 bits per heavy atom. The highest BCUT2D eigenvalue weighted by Gasteiger charge is 2.15. The van der Waals surface area contributed by atoms with Gasteiger partial charge in [0.25, 0.3) is 0 Å². The van der Waals surface area contributed by atoms with Gasteiger partial charge in [-0.05, 0) is 24.6 Å². The molecule has 1 aromatic carbocycles. The number of ether oxygens (including phenoxy) is 1. The second-order valence-electron chi connectivity index (χ2n) is 3.52. The fraction of sp³-hybridized carbons (Fsp3) is 0.273. The molecule has 6 heteroatoms. The molecule has 0 saturated heterocycles. The standard InChI is InChI=1S/C11H12ClN3O2/c1-6-3-7(12)4-8(10(6)16-2)11-14-9(5-13)17-15-11/h3-4H,5,13H2,1-2H3. The van der Waals surface area contributed by atoms with Gasteiger partial charge in [-0.15, -0.1) is 0 Å². The molecule has 1 aromatic heterocycles. The summed E-state index contributed by atoms with van der Waals surface area (Å²) >= 11 is 6.00. The highest BCUT2D eigenvalue weighted by atomic mass is 35.5. The topological polar surface area (TPSA) is 74.2 Å². The van der Waals surface area contributed by atoms with E-state index in [0.717, 1.165) is 5.56 Å². The molecule has 0 bridgehead atoms. The van der Waals surface area contributed by atoms with Crippen LogP contribution in [0.1, 0.15) is 11.5 Å². The highest BCUT2D eigenvalue weighted by molar-refractivity contribution is 6.31. The van der Waals surface area contributed by atoms with Crippen LogP contribution in [0.5, 0.6) is 5.75 Å². The van der Waals surface area contributed by atoms with Gasteiger partial charge in [0.1, 0.15) is 5.75 Å². The lowest BCUT2D eigenvalue weighted by Crippen LogP contribution is -1.96. The van der Waals surface area contributed by atoms with Gasteiger partial charge in [0.2, 0.25) is 11.7 Å². The van der Waals surface area contributed by atoms with E-state index in [2.05, 4.69) is 10.1 Å². The maximum Gasteiger partial charge on any atom is 0.240 e. The van der Waals surface area contributed by atoms with Crippen LogP contribution >= 0.6 is 11.6 Å². The molecule has 0 aliphatic rings. The first-order chi connectivity index (χ1) is 8.15. The quantitative estimate of drug-likeness (QED) is 0.907. The fourth-order valence-electron chi connectivity index (χ4n) is 1.61. The van der Waals surface area contributed by atoms with E-state index in [1.807, 2.05) is 13.0 Å². The summed E-state index contributed by atoms with van der Waals surface area (Å²) in [7, 11) is 1.59. The highest BCUT2D eigenvalue weighted by Crippen LogP contribution is 2.34. The Morgan fingerprint density at radius 1 is 1.47 bits per heavy atom. The number of rotatable bonds is 3. The number of nitrogens with zero attached hydrogens (tertiary/aromatic N) is 2. The van der Waals surface area contributed by atoms with Crippen molar-refractivity contribution in [1.29, 1.82) is 0 Å². The van der Waals surface area contributed by atoms with Crippen molar-refractivity contribution in [3.63, 3.8) is 0 Å². The maximum atomic E-state index is 6.00. The van der Waals surface area contributed by atoms with Gasteiger partial charge < -0.3 is 15.0 Å². The Hall–Kier alpha value is -1.59. The van der Waals surface area contributed by atoms with Crippen LogP contribution in [0.2, 0.25) is 5.02 Å². The predicted molar refractivity (Wildman–Crippen MR) is 63.9 cm³/mol. The van der Waals surface area contributed by atoms with E-state index in [1.165, 1.54) is 0 Å². The number of nitrogens with two attached hydrogens (primary N) is 1. The van der Waals surface area contributed by atoms with Gasteiger partial charge in [-0.3, -0.25) is 0 Å². The van der Waals surface area contributed by atoms with Gasteiger partial charge in [0.05, 0.1) is 19.2 Å². The lowest BCUT2D eigenvalue weighted by molar-refractivity contribution is 0.379. The molecule has 90 valence electrons. The third-order valence-corrected chi connectivity index (χ3v) is 2.55. The summed E-state index contributed by atoms with van der Waals surface area (Å²) in [5.41, 5.74) is 7.02. The zero-order chi connectivity index (χ0) is 12.4. The summed E-state index contributed by atoms with van der Waals surface area (Å²) in [5.74, 6) is 1.48. The molecule has 1 heterocycles. The predicted octanol–water partition coefficient (Wildman–Crippen LogP) is 2.17. The molecule has 0 spiro atoms. The van der Waals surface area contributed by atoms with Gasteiger partial charge in [-0.2, -0.15) is 4.98 Å². The van der Waals surface area contributed by atoms with E-state index in [1.54, 1.807) is 13.2 Å². The molecule has 0 saturated carbocycles. The van der Waals surface area contributed by atoms with E-state index in [-0.39, 0.29) is 6.54 Å². The summed E-state index contributed by atoms with van der Waals surface area (Å²) in [6.45, 7) is 2.10. The summed E-state index contributed by atoms with van der Waals surface area (Å²) < 4.78 is 10.3. The van der Waals surface area contributed by atoms with Crippen molar-refractivity contribution in [3.05, 3.63) is 28.6 Å². The van der Waals surface area contributed by atoms with Crippen LogP contribution in [0.15, 0.2) is 16.7 Å². The molecule has 2 aromatic rings. The molecule has 0 unspecified atom stereocenters. The Labute approximate surface area is 104 Å². The zero-order valence-electron chi connectivity index (χ0n) is 9.53. The van der Waals surface area contributed by atoms with Gasteiger partial charge in [-0.1, -0.05) is 16.8 Å². The Bertz CT molecular complexity index is 540. The van der Waals surface area contributed by atoms with Crippen molar-refractivity contribution in [2.75, 3.05) is 7.11 Å². The number of benzene rings is 1. The maximum absolute atomic E-state index is 6.00. The first-order valence-electron chi connectivity index (χ1n) is 5.03. The lowest BCUT2D eigenvalue weighted by Gasteiger charge is -2.09. The Kier molecular flexibility index (Phi) is 3.31. The van der Waals surface area contributed by atoms with Crippen molar-refractivity contribution in [1.82, 2.24) is 10.1 Å². The first-order valence-corrected chi connectivity index (χ1v) is 5.40. The number of methoxy groups -OCH3 is 1. The van der Waals surface area contributed by atoms with Crippen molar-refractivity contribution in [3.8, 4) is 17.1 Å². The zero-order valence-corrected chi connectivity index (χ0v) is 10.3. The SMILES string of the molecule is COc1c(C)cc(Cl)cc1-c1noc(CN)n1. The van der Waals surface area contributed by atoms with E-state index in [4.69, 9.17) is 26.6 Å². The van der Waals surface area contributed by atoms with Crippen LogP contribution in [0.3, 0.4) is 0 Å². The minimum absolute atomic E-state index is 0.203. The summed E-state index contributed by atoms with van der Waals surface area (Å²) in [5, 5.41) is 4.44. The average Bonchev–Trinajstić information content (AvgIpc) is 2.76. The molecule has 5 nitrogen and oxygen atoms in total. The number of halogens is 1. The van der Waals surface area contributed by atoms with Crippen LogP contribution in [0.4, 0.5) is 0 Å².